The molecule has 0 aliphatic heterocycles. The van der Waals surface area contributed by atoms with Gasteiger partial charge < -0.3 is 9.47 Å². The van der Waals surface area contributed by atoms with E-state index in [1.807, 2.05) is 0 Å². The van der Waals surface area contributed by atoms with Crippen LogP contribution in [0.3, 0.4) is 0 Å². The highest BCUT2D eigenvalue weighted by atomic mass is 16.5. The van der Waals surface area contributed by atoms with Crippen LogP contribution in [0.4, 0.5) is 0 Å². The number of allylic oxidation sites excluding steroid dienone is 2. The Bertz CT molecular complexity index is 5200. The fourth-order valence-corrected chi connectivity index (χ4v) is 17.5. The Morgan fingerprint density at radius 1 is 0.327 bits per heavy atom. The van der Waals surface area contributed by atoms with Gasteiger partial charge in [0.05, 0.1) is 13.2 Å². The number of fused-ring (bicyclic) bond motifs is 12. The first-order chi connectivity index (χ1) is 47.0. The van der Waals surface area contributed by atoms with Gasteiger partial charge in [-0.25, -0.2) is 9.59 Å². The number of hydrogen-bond donors (Lipinski definition) is 0. The molecule has 98 heavy (non-hydrogen) atoms. The Balaban J connectivity index is 0.917. The molecule has 12 aromatic rings. The molecule has 0 fully saturated rings. The van der Waals surface area contributed by atoms with E-state index in [1.54, 1.807) is 0 Å². The van der Waals surface area contributed by atoms with Crippen molar-refractivity contribution in [2.24, 2.45) is 0 Å². The molecule has 4 heteroatoms. The lowest BCUT2D eigenvalue weighted by molar-refractivity contribution is -0.138. The highest BCUT2D eigenvalue weighted by Crippen LogP contribution is 2.58. The average molecular weight is 1280 g/mol. The fourth-order valence-electron chi connectivity index (χ4n) is 17.5. The van der Waals surface area contributed by atoms with Crippen LogP contribution in [0.5, 0.6) is 0 Å². The lowest BCUT2D eigenvalue weighted by atomic mass is 9.78. The van der Waals surface area contributed by atoms with Crippen molar-refractivity contribution in [1.29, 1.82) is 0 Å². The topological polar surface area (TPSA) is 52.6 Å². The first-order valence-electron chi connectivity index (χ1n) is 34.8. The summed E-state index contributed by atoms with van der Waals surface area (Å²) in [5, 5.41) is 7.41. The van der Waals surface area contributed by atoms with E-state index in [9.17, 15) is 9.59 Å². The molecule has 16 rings (SSSR count). The van der Waals surface area contributed by atoms with E-state index in [0.717, 1.165) is 36.8 Å². The fraction of sp³-hybridized carbons (Fsp3) is 0.213. The minimum Gasteiger partial charge on any atom is -0.463 e. The first kappa shape index (κ1) is 62.4. The van der Waals surface area contributed by atoms with Crippen LogP contribution >= 0.6 is 0 Å². The molecule has 4 aliphatic rings. The number of aryl methyl sites for hydroxylation is 2. The van der Waals surface area contributed by atoms with Crippen molar-refractivity contribution in [3.8, 4) is 89.0 Å². The van der Waals surface area contributed by atoms with Gasteiger partial charge in [0, 0.05) is 33.8 Å². The van der Waals surface area contributed by atoms with Gasteiger partial charge in [-0.2, -0.15) is 0 Å². The Labute approximate surface area is 577 Å². The summed E-state index contributed by atoms with van der Waals surface area (Å²) in [6.45, 7) is 39.8. The molecule has 0 N–H and O–H groups in total. The Hall–Kier alpha value is -10.4. The number of hydrogen-bond acceptors (Lipinski definition) is 4. The van der Waals surface area contributed by atoms with Crippen LogP contribution in [0.15, 0.2) is 220 Å². The highest BCUT2D eigenvalue weighted by Gasteiger charge is 2.41. The summed E-state index contributed by atoms with van der Waals surface area (Å²) in [4.78, 5) is 23.8. The number of carbonyl (C=O) groups is 2. The van der Waals surface area contributed by atoms with E-state index in [4.69, 9.17) is 9.47 Å². The van der Waals surface area contributed by atoms with Crippen LogP contribution in [0.2, 0.25) is 0 Å². The van der Waals surface area contributed by atoms with E-state index >= 15 is 0 Å². The molecule has 0 amide bonds. The van der Waals surface area contributed by atoms with Gasteiger partial charge in [-0.05, 0) is 264 Å². The number of esters is 2. The Morgan fingerprint density at radius 2 is 0.582 bits per heavy atom. The average Bonchev–Trinajstić information content (AvgIpc) is 0.846. The molecule has 0 saturated carbocycles. The zero-order chi connectivity index (χ0) is 68.2. The number of rotatable bonds is 16. The first-order valence-corrected chi connectivity index (χ1v) is 34.8. The normalized spacial score (nSPS) is 14.8. The van der Waals surface area contributed by atoms with Crippen LogP contribution in [0, 0.1) is 0 Å². The lowest BCUT2D eigenvalue weighted by Gasteiger charge is -2.25. The van der Waals surface area contributed by atoms with Crippen molar-refractivity contribution >= 4 is 55.4 Å². The molecule has 4 aliphatic carbocycles. The van der Waals surface area contributed by atoms with Gasteiger partial charge in [-0.3, -0.25) is 0 Å². The third-order valence-electron chi connectivity index (χ3n) is 23.0. The summed E-state index contributed by atoms with van der Waals surface area (Å²) < 4.78 is 10.8. The van der Waals surface area contributed by atoms with Crippen molar-refractivity contribution in [3.63, 3.8) is 0 Å². The monoisotopic (exact) mass is 1270 g/mol. The summed E-state index contributed by atoms with van der Waals surface area (Å²) in [5.74, 6) is -0.774. The van der Waals surface area contributed by atoms with Crippen LogP contribution in [0.25, 0.3) is 132 Å². The zero-order valence-corrected chi connectivity index (χ0v) is 58.2. The summed E-state index contributed by atoms with van der Waals surface area (Å²) in [6, 6.07) is 71.5. The predicted octanol–water partition coefficient (Wildman–Crippen LogP) is 23.9. The molecule has 0 saturated heterocycles. The standard InChI is InChI=1S/C94H82O4/c1-15-87(95)97-41-17-19-55-21-29-63-67-33-25-59(47-83(67)91(7,8)79(63)43-55)75-51-76(60-26-34-68-64-30-22-56(20-18-42-98-88(96)16-2)44-80(64)92(9,10)84(68)48-60)72-38-40-74-78(62-28-36-70-66-32-24-58(54(5)6)46-82(66)94(13,14)86(70)50-62)52-77(73-39-37-71(75)89(72)90(73)74)61-27-35-69-65-31-23-57(53(3)4)45-81(65)93(11,12)85(69)49-61/h15-16,21-40,43-52H,1-3,5,17-20,41-42H2,4,6-14H3. The van der Waals surface area contributed by atoms with Gasteiger partial charge in [0.1, 0.15) is 0 Å². The molecular formula is C94H82O4. The molecule has 4 nitrogen and oxygen atoms in total. The minimum atomic E-state index is -0.387. The predicted molar refractivity (Wildman–Crippen MR) is 411 cm³/mol. The van der Waals surface area contributed by atoms with E-state index in [0.29, 0.717) is 13.2 Å². The zero-order valence-electron chi connectivity index (χ0n) is 58.2. The maximum atomic E-state index is 11.9. The minimum absolute atomic E-state index is 0.248. The van der Waals surface area contributed by atoms with Crippen molar-refractivity contribution in [3.05, 3.63) is 287 Å². The molecule has 0 unspecified atom stereocenters. The molecule has 0 heterocycles. The third-order valence-corrected chi connectivity index (χ3v) is 23.0. The second-order valence-corrected chi connectivity index (χ2v) is 30.3. The molecule has 0 atom stereocenters. The second-order valence-electron chi connectivity index (χ2n) is 30.3. The van der Waals surface area contributed by atoms with Crippen LogP contribution in [-0.2, 0) is 53.6 Å². The SMILES string of the molecule is C=CC(=O)OCCCc1ccc2c(c1)C(C)(C)c1cc(-c3cc(-c4ccc5c(c4)C(C)(C)c4cc(CCCOC(=O)C=C)ccc4-5)c4ccc5c(-c6ccc7c(c6)C(C)(C)c6cc(C(=C)C)ccc6-7)cc(-c6ccc7c(c6)C(C)(C)c6cc(C(=C)C)ccc6-7)c6ccc3c4c65)ccc1-2. The van der Waals surface area contributed by atoms with Crippen molar-refractivity contribution < 1.29 is 19.1 Å². The number of carbonyl (C=O) groups excluding carboxylic acids is 2. The summed E-state index contributed by atoms with van der Waals surface area (Å²) in [5.41, 5.74) is 36.3. The maximum Gasteiger partial charge on any atom is 0.330 e. The largest absolute Gasteiger partial charge is 0.463 e. The molecule has 0 spiro atoms. The quantitative estimate of drug-likeness (QED) is 0.0419. The third kappa shape index (κ3) is 9.52. The Kier molecular flexibility index (Phi) is 14.4. The highest BCUT2D eigenvalue weighted by molar-refractivity contribution is 6.32. The molecule has 12 aromatic carbocycles. The van der Waals surface area contributed by atoms with E-state index in [-0.39, 0.29) is 33.6 Å². The van der Waals surface area contributed by atoms with Crippen LogP contribution in [0.1, 0.15) is 149 Å². The molecule has 0 aromatic heterocycles. The van der Waals surface area contributed by atoms with E-state index in [2.05, 4.69) is 278 Å². The van der Waals surface area contributed by atoms with Crippen LogP contribution in [-0.4, -0.2) is 25.2 Å². The molecule has 0 radical (unpaired) electrons. The second kappa shape index (κ2) is 22.6. The van der Waals surface area contributed by atoms with Crippen molar-refractivity contribution in [2.45, 2.75) is 117 Å². The molecular weight excluding hydrogens is 1190 g/mol. The van der Waals surface area contributed by atoms with E-state index < -0.39 is 0 Å². The van der Waals surface area contributed by atoms with Crippen molar-refractivity contribution in [2.75, 3.05) is 13.2 Å². The van der Waals surface area contributed by atoms with E-state index in [1.165, 1.54) is 200 Å². The molecule has 0 bridgehead atoms. The Morgan fingerprint density at radius 3 is 0.857 bits per heavy atom. The molecule has 482 valence electrons. The summed E-state index contributed by atoms with van der Waals surface area (Å²) >= 11 is 0. The lowest BCUT2D eigenvalue weighted by Crippen LogP contribution is -2.15. The summed E-state index contributed by atoms with van der Waals surface area (Å²) in [6.07, 6.45) is 5.53. The smallest absolute Gasteiger partial charge is 0.330 e. The van der Waals surface area contributed by atoms with Gasteiger partial charge in [0.25, 0.3) is 0 Å². The van der Waals surface area contributed by atoms with Gasteiger partial charge in [-0.1, -0.05) is 238 Å². The number of ether oxygens (including phenoxy) is 2. The van der Waals surface area contributed by atoms with Gasteiger partial charge in [0.2, 0.25) is 0 Å². The van der Waals surface area contributed by atoms with Gasteiger partial charge in [0.15, 0.2) is 0 Å². The maximum absolute atomic E-state index is 11.9. The summed E-state index contributed by atoms with van der Waals surface area (Å²) in [7, 11) is 0. The number of benzene rings is 12. The van der Waals surface area contributed by atoms with Crippen molar-refractivity contribution in [1.82, 2.24) is 0 Å². The van der Waals surface area contributed by atoms with Gasteiger partial charge in [-0.15, -0.1) is 0 Å². The van der Waals surface area contributed by atoms with Crippen LogP contribution < -0.4 is 0 Å². The van der Waals surface area contributed by atoms with Gasteiger partial charge >= 0.3 is 11.9 Å².